The van der Waals surface area contributed by atoms with E-state index in [1.54, 1.807) is 23.7 Å². The molecule has 20 heavy (non-hydrogen) atoms. The molecule has 0 saturated carbocycles. The summed E-state index contributed by atoms with van der Waals surface area (Å²) in [7, 11) is 0. The average Bonchev–Trinajstić information content (AvgIpc) is 2.93. The van der Waals surface area contributed by atoms with E-state index in [4.69, 9.17) is 0 Å². The van der Waals surface area contributed by atoms with Crippen LogP contribution in [-0.2, 0) is 0 Å². The number of pyridine rings is 1. The number of thiophene rings is 1. The van der Waals surface area contributed by atoms with Crippen LogP contribution in [0.3, 0.4) is 0 Å². The van der Waals surface area contributed by atoms with Crippen molar-refractivity contribution in [1.82, 2.24) is 9.38 Å². The van der Waals surface area contributed by atoms with Crippen LogP contribution in [0.25, 0.3) is 5.65 Å². The van der Waals surface area contributed by atoms with E-state index in [0.717, 1.165) is 5.56 Å². The summed E-state index contributed by atoms with van der Waals surface area (Å²) < 4.78 is 1.39. The molecular formula is C14H11N3O2S. The van der Waals surface area contributed by atoms with Crippen molar-refractivity contribution in [3.63, 3.8) is 0 Å². The van der Waals surface area contributed by atoms with Crippen molar-refractivity contribution < 1.29 is 4.79 Å². The molecule has 3 rings (SSSR count). The van der Waals surface area contributed by atoms with Gasteiger partial charge in [0.25, 0.3) is 11.5 Å². The van der Waals surface area contributed by atoms with Gasteiger partial charge < -0.3 is 5.32 Å². The first-order valence-electron chi connectivity index (χ1n) is 5.97. The van der Waals surface area contributed by atoms with Crippen LogP contribution in [0.1, 0.15) is 15.9 Å². The number of aryl methyl sites for hydroxylation is 1. The second-order valence-electron chi connectivity index (χ2n) is 4.33. The first-order chi connectivity index (χ1) is 9.66. The molecule has 0 radical (unpaired) electrons. The number of carbonyl (C=O) groups is 1. The lowest BCUT2D eigenvalue weighted by Crippen LogP contribution is -2.26. The molecule has 0 aliphatic rings. The molecule has 0 aromatic carbocycles. The second-order valence-corrected chi connectivity index (χ2v) is 5.11. The van der Waals surface area contributed by atoms with Crippen molar-refractivity contribution in [2.75, 3.05) is 5.32 Å². The Bertz CT molecular complexity index is 837. The molecule has 0 spiro atoms. The summed E-state index contributed by atoms with van der Waals surface area (Å²) in [6.45, 7) is 1.87. The molecule has 5 nitrogen and oxygen atoms in total. The number of nitrogens with one attached hydrogen (secondary N) is 1. The number of carbonyl (C=O) groups excluding carboxylic acids is 1. The number of anilines is 1. The Hall–Kier alpha value is -2.47. The van der Waals surface area contributed by atoms with Crippen molar-refractivity contribution >= 4 is 28.6 Å². The molecule has 1 amide bonds. The molecule has 100 valence electrons. The summed E-state index contributed by atoms with van der Waals surface area (Å²) in [5.74, 6) is -0.447. The van der Waals surface area contributed by atoms with E-state index >= 15 is 0 Å². The van der Waals surface area contributed by atoms with E-state index in [0.29, 0.717) is 11.3 Å². The lowest BCUT2D eigenvalue weighted by atomic mass is 10.2. The SMILES string of the molecule is Cc1cccn2c(=O)c(C(=O)Nc3ccsc3)cnc12. The van der Waals surface area contributed by atoms with Gasteiger partial charge in [0.2, 0.25) is 0 Å². The Morgan fingerprint density at radius 3 is 3.00 bits per heavy atom. The Kier molecular flexibility index (Phi) is 3.08. The molecule has 0 unspecified atom stereocenters. The Labute approximate surface area is 118 Å². The fraction of sp³-hybridized carbons (Fsp3) is 0.0714. The highest BCUT2D eigenvalue weighted by Crippen LogP contribution is 2.12. The van der Waals surface area contributed by atoms with Crippen molar-refractivity contribution in [3.8, 4) is 0 Å². The monoisotopic (exact) mass is 285 g/mol. The Balaban J connectivity index is 2.07. The molecule has 6 heteroatoms. The first kappa shape index (κ1) is 12.6. The predicted octanol–water partition coefficient (Wildman–Crippen LogP) is 2.32. The minimum atomic E-state index is -0.447. The fourth-order valence-electron chi connectivity index (χ4n) is 1.94. The predicted molar refractivity (Wildman–Crippen MR) is 78.5 cm³/mol. The molecule has 3 aromatic heterocycles. The summed E-state index contributed by atoms with van der Waals surface area (Å²) in [6, 6.07) is 5.40. The standard InChI is InChI=1S/C14H11N3O2S/c1-9-3-2-5-17-12(9)15-7-11(14(17)19)13(18)16-10-4-6-20-8-10/h2-8H,1H3,(H,16,18). The summed E-state index contributed by atoms with van der Waals surface area (Å²) in [5, 5.41) is 6.33. The Morgan fingerprint density at radius 2 is 2.25 bits per heavy atom. The molecule has 3 aromatic rings. The van der Waals surface area contributed by atoms with Crippen LogP contribution >= 0.6 is 11.3 Å². The maximum atomic E-state index is 12.3. The van der Waals surface area contributed by atoms with Crippen LogP contribution in [0.4, 0.5) is 5.69 Å². The van der Waals surface area contributed by atoms with E-state index in [9.17, 15) is 9.59 Å². The van der Waals surface area contributed by atoms with E-state index in [-0.39, 0.29) is 11.1 Å². The normalized spacial score (nSPS) is 10.7. The van der Waals surface area contributed by atoms with E-state index in [2.05, 4.69) is 10.3 Å². The van der Waals surface area contributed by atoms with Gasteiger partial charge in [-0.3, -0.25) is 14.0 Å². The van der Waals surface area contributed by atoms with Gasteiger partial charge in [-0.05, 0) is 30.0 Å². The third kappa shape index (κ3) is 2.10. The minimum Gasteiger partial charge on any atom is -0.321 e. The molecule has 1 N–H and O–H groups in total. The highest BCUT2D eigenvalue weighted by atomic mass is 32.1. The molecular weight excluding hydrogens is 274 g/mol. The van der Waals surface area contributed by atoms with Crippen molar-refractivity contribution in [3.05, 3.63) is 62.8 Å². The molecule has 0 atom stereocenters. The number of hydrogen-bond acceptors (Lipinski definition) is 4. The highest BCUT2D eigenvalue weighted by molar-refractivity contribution is 7.08. The van der Waals surface area contributed by atoms with Gasteiger partial charge in [0.05, 0.1) is 5.69 Å². The molecule has 0 aliphatic carbocycles. The first-order valence-corrected chi connectivity index (χ1v) is 6.91. The topological polar surface area (TPSA) is 63.5 Å². The van der Waals surface area contributed by atoms with Crippen molar-refractivity contribution in [1.29, 1.82) is 0 Å². The largest absolute Gasteiger partial charge is 0.321 e. The van der Waals surface area contributed by atoms with Crippen LogP contribution in [-0.4, -0.2) is 15.3 Å². The van der Waals surface area contributed by atoms with Crippen LogP contribution in [0.5, 0.6) is 0 Å². The molecule has 0 bridgehead atoms. The zero-order valence-corrected chi connectivity index (χ0v) is 11.5. The van der Waals surface area contributed by atoms with Crippen LogP contribution in [0.2, 0.25) is 0 Å². The maximum absolute atomic E-state index is 12.3. The summed E-state index contributed by atoms with van der Waals surface area (Å²) >= 11 is 1.47. The number of fused-ring (bicyclic) bond motifs is 1. The average molecular weight is 285 g/mol. The summed E-state index contributed by atoms with van der Waals surface area (Å²) in [6.07, 6.45) is 2.94. The maximum Gasteiger partial charge on any atom is 0.270 e. The molecule has 0 fully saturated rings. The minimum absolute atomic E-state index is 0.0271. The number of rotatable bonds is 2. The van der Waals surface area contributed by atoms with Gasteiger partial charge in [0.15, 0.2) is 0 Å². The van der Waals surface area contributed by atoms with Crippen LogP contribution in [0, 0.1) is 6.92 Å². The van der Waals surface area contributed by atoms with Gasteiger partial charge in [-0.25, -0.2) is 4.98 Å². The number of amides is 1. The second kappa shape index (κ2) is 4.90. The van der Waals surface area contributed by atoms with E-state index in [1.807, 2.05) is 18.4 Å². The summed E-state index contributed by atoms with van der Waals surface area (Å²) in [5.41, 5.74) is 1.78. The van der Waals surface area contributed by atoms with Gasteiger partial charge in [0.1, 0.15) is 11.2 Å². The third-order valence-corrected chi connectivity index (χ3v) is 3.63. The van der Waals surface area contributed by atoms with Gasteiger partial charge >= 0.3 is 0 Å². The zero-order valence-electron chi connectivity index (χ0n) is 10.7. The van der Waals surface area contributed by atoms with Gasteiger partial charge in [-0.1, -0.05) is 6.07 Å². The van der Waals surface area contributed by atoms with Gasteiger partial charge in [0, 0.05) is 17.8 Å². The van der Waals surface area contributed by atoms with Crippen LogP contribution < -0.4 is 10.9 Å². The quantitative estimate of drug-likeness (QED) is 0.786. The number of hydrogen-bond donors (Lipinski definition) is 1. The summed E-state index contributed by atoms with van der Waals surface area (Å²) in [4.78, 5) is 28.6. The fourth-order valence-corrected chi connectivity index (χ4v) is 2.52. The molecule has 0 aliphatic heterocycles. The zero-order chi connectivity index (χ0) is 14.1. The van der Waals surface area contributed by atoms with E-state index < -0.39 is 5.91 Å². The number of aromatic nitrogens is 2. The molecule has 0 saturated heterocycles. The lowest BCUT2D eigenvalue weighted by Gasteiger charge is -2.06. The van der Waals surface area contributed by atoms with E-state index in [1.165, 1.54) is 21.9 Å². The van der Waals surface area contributed by atoms with Gasteiger partial charge in [-0.15, -0.1) is 0 Å². The lowest BCUT2D eigenvalue weighted by molar-refractivity contribution is 0.102. The smallest absolute Gasteiger partial charge is 0.270 e. The highest BCUT2D eigenvalue weighted by Gasteiger charge is 2.14. The Morgan fingerprint density at radius 1 is 1.40 bits per heavy atom. The van der Waals surface area contributed by atoms with Crippen LogP contribution in [0.15, 0.2) is 46.1 Å². The number of nitrogens with zero attached hydrogens (tertiary/aromatic N) is 2. The molecule has 3 heterocycles. The van der Waals surface area contributed by atoms with Crippen molar-refractivity contribution in [2.45, 2.75) is 6.92 Å². The van der Waals surface area contributed by atoms with Crippen molar-refractivity contribution in [2.24, 2.45) is 0 Å². The third-order valence-electron chi connectivity index (χ3n) is 2.95. The van der Waals surface area contributed by atoms with Gasteiger partial charge in [-0.2, -0.15) is 11.3 Å².